The van der Waals surface area contributed by atoms with Gasteiger partial charge in [0.2, 0.25) is 5.91 Å². The lowest BCUT2D eigenvalue weighted by molar-refractivity contribution is -0.131. The van der Waals surface area contributed by atoms with Gasteiger partial charge >= 0.3 is 0 Å². The molecule has 1 atom stereocenters. The summed E-state index contributed by atoms with van der Waals surface area (Å²) >= 11 is 3.18. The summed E-state index contributed by atoms with van der Waals surface area (Å²) in [4.78, 5) is 37.5. The minimum absolute atomic E-state index is 0.0309. The molecular formula is C24H29N3O2S2. The van der Waals surface area contributed by atoms with Gasteiger partial charge in [0.1, 0.15) is 10.7 Å². The molecule has 3 aromatic rings. The van der Waals surface area contributed by atoms with E-state index in [9.17, 15) is 9.59 Å². The van der Waals surface area contributed by atoms with Crippen LogP contribution in [0.15, 0.2) is 35.1 Å². The van der Waals surface area contributed by atoms with Crippen LogP contribution in [-0.4, -0.2) is 32.6 Å². The molecule has 0 radical (unpaired) electrons. The third-order valence-corrected chi connectivity index (χ3v) is 8.09. The number of nitrogens with one attached hydrogen (secondary N) is 1. The summed E-state index contributed by atoms with van der Waals surface area (Å²) < 4.78 is 0. The van der Waals surface area contributed by atoms with Crippen LogP contribution >= 0.6 is 23.1 Å². The summed E-state index contributed by atoms with van der Waals surface area (Å²) in [6.45, 7) is 4.82. The van der Waals surface area contributed by atoms with Crippen molar-refractivity contribution >= 4 is 39.2 Å². The topological polar surface area (TPSA) is 66.1 Å². The maximum Gasteiger partial charge on any atom is 0.259 e. The van der Waals surface area contributed by atoms with E-state index in [1.165, 1.54) is 28.6 Å². The van der Waals surface area contributed by atoms with E-state index in [2.05, 4.69) is 31.0 Å². The molecule has 0 saturated heterocycles. The van der Waals surface area contributed by atoms with Gasteiger partial charge < -0.3 is 9.88 Å². The number of amides is 1. The highest BCUT2D eigenvalue weighted by Gasteiger charge is 2.21. The first-order valence-corrected chi connectivity index (χ1v) is 13.0. The molecule has 1 aromatic carbocycles. The zero-order valence-corrected chi connectivity index (χ0v) is 19.8. The largest absolute Gasteiger partial charge is 0.335 e. The van der Waals surface area contributed by atoms with Crippen LogP contribution in [0.25, 0.3) is 10.2 Å². The van der Waals surface area contributed by atoms with Gasteiger partial charge in [-0.2, -0.15) is 0 Å². The minimum atomic E-state index is -0.0309. The van der Waals surface area contributed by atoms with Crippen molar-refractivity contribution in [2.24, 2.45) is 0 Å². The number of aryl methyl sites for hydroxylation is 2. The number of aromatic amines is 1. The number of carbonyl (C=O) groups is 1. The van der Waals surface area contributed by atoms with E-state index < -0.39 is 0 Å². The highest BCUT2D eigenvalue weighted by molar-refractivity contribution is 7.99. The van der Waals surface area contributed by atoms with Gasteiger partial charge in [-0.15, -0.1) is 23.1 Å². The van der Waals surface area contributed by atoms with Gasteiger partial charge in [0, 0.05) is 17.5 Å². The first kappa shape index (κ1) is 22.1. The number of fused-ring (bicyclic) bond motifs is 3. The Morgan fingerprint density at radius 1 is 1.26 bits per heavy atom. The van der Waals surface area contributed by atoms with Crippen molar-refractivity contribution in [2.45, 2.75) is 64.3 Å². The van der Waals surface area contributed by atoms with Gasteiger partial charge in [-0.25, -0.2) is 4.98 Å². The summed E-state index contributed by atoms with van der Waals surface area (Å²) in [6.07, 6.45) is 5.29. The summed E-state index contributed by atoms with van der Waals surface area (Å²) in [5.41, 5.74) is 2.32. The minimum Gasteiger partial charge on any atom is -0.335 e. The number of hydrogen-bond donors (Lipinski definition) is 1. The summed E-state index contributed by atoms with van der Waals surface area (Å²) in [5.74, 6) is 1.68. The average molecular weight is 456 g/mol. The second kappa shape index (κ2) is 10.0. The van der Waals surface area contributed by atoms with Gasteiger partial charge in [-0.3, -0.25) is 9.59 Å². The van der Waals surface area contributed by atoms with E-state index >= 15 is 0 Å². The Morgan fingerprint density at radius 2 is 2.03 bits per heavy atom. The maximum absolute atomic E-state index is 13.0. The van der Waals surface area contributed by atoms with Gasteiger partial charge in [-0.1, -0.05) is 37.3 Å². The first-order chi connectivity index (χ1) is 15.1. The van der Waals surface area contributed by atoms with E-state index in [4.69, 9.17) is 4.98 Å². The van der Waals surface area contributed by atoms with Gasteiger partial charge in [0.05, 0.1) is 16.9 Å². The van der Waals surface area contributed by atoms with Crippen molar-refractivity contribution in [2.75, 3.05) is 5.75 Å². The Kier molecular flexibility index (Phi) is 7.13. The standard InChI is InChI=1S/C24H29N3O2S2/c1-3-16(2)27(13-17-9-5-4-6-10-17)21(28)15-30-14-20-25-23(29)22-18-11-7-8-12-19(18)31-24(22)26-20/h4-6,9-10,16H,3,7-8,11-15H2,1-2H3,(H,25,26,29). The van der Waals surface area contributed by atoms with E-state index in [0.29, 0.717) is 23.9 Å². The quantitative estimate of drug-likeness (QED) is 0.523. The van der Waals surface area contributed by atoms with Crippen LogP contribution in [0.5, 0.6) is 0 Å². The van der Waals surface area contributed by atoms with Crippen LogP contribution in [0.2, 0.25) is 0 Å². The molecule has 1 amide bonds. The molecule has 1 aliphatic carbocycles. The smallest absolute Gasteiger partial charge is 0.259 e. The highest BCUT2D eigenvalue weighted by atomic mass is 32.2. The van der Waals surface area contributed by atoms with E-state index in [-0.39, 0.29) is 17.5 Å². The molecule has 1 aliphatic rings. The molecule has 0 bridgehead atoms. The molecule has 4 rings (SSSR count). The number of carbonyl (C=O) groups excluding carboxylic acids is 1. The second-order valence-corrected chi connectivity index (χ2v) is 10.2. The van der Waals surface area contributed by atoms with Crippen LogP contribution in [0.1, 0.15) is 54.9 Å². The van der Waals surface area contributed by atoms with Crippen LogP contribution in [0.3, 0.4) is 0 Å². The number of benzene rings is 1. The summed E-state index contributed by atoms with van der Waals surface area (Å²) in [6, 6.07) is 10.3. The zero-order chi connectivity index (χ0) is 21.8. The zero-order valence-electron chi connectivity index (χ0n) is 18.1. The van der Waals surface area contributed by atoms with Crippen LogP contribution < -0.4 is 5.56 Å². The van der Waals surface area contributed by atoms with Gasteiger partial charge in [0.15, 0.2) is 0 Å². The number of thiophene rings is 1. The Hall–Kier alpha value is -2.12. The molecule has 1 N–H and O–H groups in total. The fraction of sp³-hybridized carbons (Fsp3) is 0.458. The number of aromatic nitrogens is 2. The van der Waals surface area contributed by atoms with E-state index in [0.717, 1.165) is 41.5 Å². The fourth-order valence-corrected chi connectivity index (χ4v) is 6.14. The molecule has 0 fully saturated rings. The summed E-state index contributed by atoms with van der Waals surface area (Å²) in [5, 5.41) is 0.787. The monoisotopic (exact) mass is 455 g/mol. The average Bonchev–Trinajstić information content (AvgIpc) is 3.16. The van der Waals surface area contributed by atoms with Gasteiger partial charge in [0.25, 0.3) is 5.56 Å². The van der Waals surface area contributed by atoms with Crippen LogP contribution in [0, 0.1) is 0 Å². The molecule has 5 nitrogen and oxygen atoms in total. The molecule has 31 heavy (non-hydrogen) atoms. The molecule has 0 spiro atoms. The maximum atomic E-state index is 13.0. The normalized spacial score (nSPS) is 14.4. The third-order valence-electron chi connectivity index (χ3n) is 5.98. The van der Waals surface area contributed by atoms with Crippen molar-refractivity contribution in [3.63, 3.8) is 0 Å². The first-order valence-electron chi connectivity index (χ1n) is 11.0. The van der Waals surface area contributed by atoms with Crippen molar-refractivity contribution in [3.8, 4) is 0 Å². The van der Waals surface area contributed by atoms with E-state index in [1.807, 2.05) is 23.1 Å². The molecular weight excluding hydrogens is 426 g/mol. The molecule has 2 heterocycles. The predicted octanol–water partition coefficient (Wildman–Crippen LogP) is 4.92. The van der Waals surface area contributed by atoms with Crippen molar-refractivity contribution in [3.05, 3.63) is 62.5 Å². The lowest BCUT2D eigenvalue weighted by atomic mass is 9.97. The number of rotatable bonds is 8. The Labute approximate surface area is 191 Å². The van der Waals surface area contributed by atoms with Crippen LogP contribution in [0.4, 0.5) is 0 Å². The Bertz CT molecular complexity index is 1110. The predicted molar refractivity (Wildman–Crippen MR) is 130 cm³/mol. The molecule has 1 unspecified atom stereocenters. The van der Waals surface area contributed by atoms with Crippen molar-refractivity contribution < 1.29 is 4.79 Å². The second-order valence-electron chi connectivity index (χ2n) is 8.16. The summed E-state index contributed by atoms with van der Waals surface area (Å²) in [7, 11) is 0. The number of thioether (sulfide) groups is 1. The van der Waals surface area contributed by atoms with Crippen molar-refractivity contribution in [1.82, 2.24) is 14.9 Å². The Morgan fingerprint density at radius 3 is 2.81 bits per heavy atom. The number of hydrogen-bond acceptors (Lipinski definition) is 5. The molecule has 0 aliphatic heterocycles. The molecule has 7 heteroatoms. The lowest BCUT2D eigenvalue weighted by Gasteiger charge is -2.28. The molecule has 0 saturated carbocycles. The van der Waals surface area contributed by atoms with Gasteiger partial charge in [-0.05, 0) is 50.2 Å². The number of nitrogens with zero attached hydrogens (tertiary/aromatic N) is 2. The SMILES string of the molecule is CCC(C)N(Cc1ccccc1)C(=O)CSCc1nc2sc3c(c2c(=O)[nH]1)CCCC3. The van der Waals surface area contributed by atoms with Crippen molar-refractivity contribution in [1.29, 1.82) is 0 Å². The third kappa shape index (κ3) is 5.04. The highest BCUT2D eigenvalue weighted by Crippen LogP contribution is 2.33. The Balaban J connectivity index is 1.42. The fourth-order valence-electron chi connectivity index (χ4n) is 4.09. The molecule has 2 aromatic heterocycles. The molecule has 164 valence electrons. The lowest BCUT2D eigenvalue weighted by Crippen LogP contribution is -2.38. The van der Waals surface area contributed by atoms with E-state index in [1.54, 1.807) is 11.3 Å². The number of H-pyrrole nitrogens is 1. The van der Waals surface area contributed by atoms with Crippen LogP contribution in [-0.2, 0) is 29.9 Å².